The molecule has 0 heterocycles. The van der Waals surface area contributed by atoms with Crippen LogP contribution >= 0.6 is 0 Å². The number of rotatable bonds is 2. The maximum absolute atomic E-state index is 10.5. The Balaban J connectivity index is 1.66. The van der Waals surface area contributed by atoms with Gasteiger partial charge in [-0.2, -0.15) is 0 Å². The van der Waals surface area contributed by atoms with Crippen LogP contribution in [0, 0.1) is 40.4 Å². The maximum atomic E-state index is 10.5. The number of hydrogen-bond acceptors (Lipinski definition) is 2. The highest BCUT2D eigenvalue weighted by Gasteiger charge is 2.62. The summed E-state index contributed by atoms with van der Waals surface area (Å²) in [6.07, 6.45) is 10.6. The van der Waals surface area contributed by atoms with Crippen molar-refractivity contribution in [3.05, 3.63) is 12.2 Å². The second kappa shape index (κ2) is 6.09. The zero-order chi connectivity index (χ0) is 18.0. The number of hydrogen-bond donors (Lipinski definition) is 2. The van der Waals surface area contributed by atoms with E-state index in [0.29, 0.717) is 11.3 Å². The molecule has 4 rings (SSSR count). The predicted octanol–water partition coefficient (Wildman–Crippen LogP) is 4.94. The van der Waals surface area contributed by atoms with Crippen molar-refractivity contribution in [3.63, 3.8) is 0 Å². The van der Waals surface area contributed by atoms with E-state index >= 15 is 0 Å². The summed E-state index contributed by atoms with van der Waals surface area (Å²) in [6.45, 7) is 11.2. The molecule has 0 aromatic carbocycles. The average molecular weight is 347 g/mol. The summed E-state index contributed by atoms with van der Waals surface area (Å²) in [7, 11) is 0. The fourth-order valence-electron chi connectivity index (χ4n) is 8.47. The lowest BCUT2D eigenvalue weighted by molar-refractivity contribution is -0.127. The molecule has 0 aliphatic heterocycles. The summed E-state index contributed by atoms with van der Waals surface area (Å²) in [4.78, 5) is 0. The van der Waals surface area contributed by atoms with E-state index < -0.39 is 0 Å². The third kappa shape index (κ3) is 2.42. The van der Waals surface area contributed by atoms with Gasteiger partial charge in [0.05, 0.1) is 12.2 Å². The average Bonchev–Trinajstić information content (AvgIpc) is 2.96. The molecule has 142 valence electrons. The number of aliphatic hydroxyl groups excluding tert-OH is 2. The molecule has 0 saturated heterocycles. The smallest absolute Gasteiger partial charge is 0.0548 e. The van der Waals surface area contributed by atoms with Gasteiger partial charge in [-0.1, -0.05) is 19.1 Å². The summed E-state index contributed by atoms with van der Waals surface area (Å²) in [5, 5.41) is 20.7. The van der Waals surface area contributed by atoms with Gasteiger partial charge < -0.3 is 10.2 Å². The number of allylic oxidation sites excluding steroid dienone is 1. The van der Waals surface area contributed by atoms with Gasteiger partial charge in [-0.05, 0) is 112 Å². The van der Waals surface area contributed by atoms with Gasteiger partial charge in [-0.3, -0.25) is 0 Å². The van der Waals surface area contributed by atoms with E-state index in [9.17, 15) is 10.2 Å². The van der Waals surface area contributed by atoms with Gasteiger partial charge in [0.2, 0.25) is 0 Å². The molecule has 2 nitrogen and oxygen atoms in total. The molecule has 2 N–H and O–H groups in total. The zero-order valence-corrected chi connectivity index (χ0v) is 16.5. The van der Waals surface area contributed by atoms with Crippen LogP contribution in [-0.2, 0) is 0 Å². The van der Waals surface area contributed by atoms with Crippen molar-refractivity contribution in [2.45, 2.75) is 90.8 Å². The summed E-state index contributed by atoms with van der Waals surface area (Å²) in [5.74, 6) is 3.50. The van der Waals surface area contributed by atoms with Crippen LogP contribution in [0.3, 0.4) is 0 Å². The van der Waals surface area contributed by atoms with Gasteiger partial charge in [-0.25, -0.2) is 0 Å². The summed E-state index contributed by atoms with van der Waals surface area (Å²) in [5.41, 5.74) is 1.96. The predicted molar refractivity (Wildman–Crippen MR) is 102 cm³/mol. The third-order valence-corrected chi connectivity index (χ3v) is 9.59. The molecular formula is C23H38O2. The van der Waals surface area contributed by atoms with Crippen molar-refractivity contribution in [3.8, 4) is 0 Å². The highest BCUT2D eigenvalue weighted by atomic mass is 16.3. The minimum absolute atomic E-state index is 0.0566. The first-order valence-corrected chi connectivity index (χ1v) is 10.8. The van der Waals surface area contributed by atoms with Crippen molar-refractivity contribution in [2.75, 3.05) is 0 Å². The SMILES string of the molecule is C=C(C)[C@]12CC[C@H]3[C@@H](CC[C@H]4C[C@H](O)CC[C@@]43C)[C@@H]1CC[C@@H]2[C@@H](C)O. The fourth-order valence-corrected chi connectivity index (χ4v) is 8.47. The fraction of sp³-hybridized carbons (Fsp3) is 0.913. The monoisotopic (exact) mass is 346 g/mol. The Labute approximate surface area is 154 Å². The molecule has 9 atom stereocenters. The van der Waals surface area contributed by atoms with E-state index in [1.807, 2.05) is 6.92 Å². The van der Waals surface area contributed by atoms with Gasteiger partial charge in [0.15, 0.2) is 0 Å². The number of aliphatic hydroxyl groups is 2. The largest absolute Gasteiger partial charge is 0.393 e. The van der Waals surface area contributed by atoms with Crippen molar-refractivity contribution in [2.24, 2.45) is 40.4 Å². The molecule has 4 fully saturated rings. The molecule has 0 amide bonds. The normalized spacial score (nSPS) is 53.5. The molecule has 4 aliphatic rings. The highest BCUT2D eigenvalue weighted by Crippen LogP contribution is 2.69. The Morgan fingerprint density at radius 1 is 1.04 bits per heavy atom. The van der Waals surface area contributed by atoms with Gasteiger partial charge in [0.25, 0.3) is 0 Å². The van der Waals surface area contributed by atoms with Gasteiger partial charge >= 0.3 is 0 Å². The van der Waals surface area contributed by atoms with E-state index in [0.717, 1.165) is 36.5 Å². The lowest BCUT2D eigenvalue weighted by atomic mass is 9.43. The van der Waals surface area contributed by atoms with Gasteiger partial charge in [0.1, 0.15) is 0 Å². The van der Waals surface area contributed by atoms with Crippen molar-refractivity contribution in [1.82, 2.24) is 0 Å². The molecule has 0 aromatic heterocycles. The molecule has 0 unspecified atom stereocenters. The standard InChI is InChI=1S/C23H38O2/c1-14(2)23-12-10-20-18(21(23)8-7-19(23)15(3)24)6-5-16-13-17(25)9-11-22(16,20)4/h15-21,24-25H,1,5-13H2,2-4H3/t15-,16+,17-,18-,19-,20+,21+,22+,23+/m1/s1. The minimum atomic E-state index is -0.213. The van der Waals surface area contributed by atoms with Crippen LogP contribution in [0.2, 0.25) is 0 Å². The highest BCUT2D eigenvalue weighted by molar-refractivity contribution is 5.21. The van der Waals surface area contributed by atoms with Crippen LogP contribution in [0.25, 0.3) is 0 Å². The lowest BCUT2D eigenvalue weighted by Gasteiger charge is -2.62. The van der Waals surface area contributed by atoms with E-state index in [-0.39, 0.29) is 17.6 Å². The Kier molecular flexibility index (Phi) is 4.40. The van der Waals surface area contributed by atoms with Crippen LogP contribution in [0.1, 0.15) is 78.6 Å². The topological polar surface area (TPSA) is 40.5 Å². The first-order chi connectivity index (χ1) is 11.8. The molecule has 25 heavy (non-hydrogen) atoms. The van der Waals surface area contributed by atoms with Gasteiger partial charge in [0, 0.05) is 0 Å². The van der Waals surface area contributed by atoms with Gasteiger partial charge in [-0.15, -0.1) is 0 Å². The Bertz CT molecular complexity index is 540. The molecule has 2 heteroatoms. The zero-order valence-electron chi connectivity index (χ0n) is 16.5. The Morgan fingerprint density at radius 2 is 1.80 bits per heavy atom. The van der Waals surface area contributed by atoms with Crippen LogP contribution < -0.4 is 0 Å². The first-order valence-electron chi connectivity index (χ1n) is 10.8. The first kappa shape index (κ1) is 18.0. The van der Waals surface area contributed by atoms with Crippen molar-refractivity contribution < 1.29 is 10.2 Å². The second-order valence-corrected chi connectivity index (χ2v) is 10.4. The van der Waals surface area contributed by atoms with Crippen molar-refractivity contribution in [1.29, 1.82) is 0 Å². The maximum Gasteiger partial charge on any atom is 0.0548 e. The molecule has 4 aliphatic carbocycles. The summed E-state index contributed by atoms with van der Waals surface area (Å²) >= 11 is 0. The molecule has 0 bridgehead atoms. The summed E-state index contributed by atoms with van der Waals surface area (Å²) in [6, 6.07) is 0. The third-order valence-electron chi connectivity index (χ3n) is 9.59. The van der Waals surface area contributed by atoms with Crippen LogP contribution in [-0.4, -0.2) is 22.4 Å². The van der Waals surface area contributed by atoms with E-state index in [2.05, 4.69) is 20.4 Å². The van der Waals surface area contributed by atoms with Crippen LogP contribution in [0.15, 0.2) is 12.2 Å². The Morgan fingerprint density at radius 3 is 2.48 bits per heavy atom. The van der Waals surface area contributed by atoms with Crippen LogP contribution in [0.5, 0.6) is 0 Å². The van der Waals surface area contributed by atoms with E-state index in [1.54, 1.807) is 0 Å². The lowest BCUT2D eigenvalue weighted by Crippen LogP contribution is -2.55. The molecule has 0 radical (unpaired) electrons. The second-order valence-electron chi connectivity index (χ2n) is 10.4. The minimum Gasteiger partial charge on any atom is -0.393 e. The van der Waals surface area contributed by atoms with Crippen molar-refractivity contribution >= 4 is 0 Å². The summed E-state index contributed by atoms with van der Waals surface area (Å²) < 4.78 is 0. The molecule has 0 aromatic rings. The molecular weight excluding hydrogens is 308 g/mol. The quantitative estimate of drug-likeness (QED) is 0.695. The Hall–Kier alpha value is -0.340. The van der Waals surface area contributed by atoms with E-state index in [4.69, 9.17) is 0 Å². The molecule has 0 spiro atoms. The van der Waals surface area contributed by atoms with E-state index in [1.165, 1.54) is 50.5 Å². The number of fused-ring (bicyclic) bond motifs is 5. The van der Waals surface area contributed by atoms with Crippen LogP contribution in [0.4, 0.5) is 0 Å². The molecule has 4 saturated carbocycles.